The third-order valence-corrected chi connectivity index (χ3v) is 2.42. The molecule has 0 aliphatic carbocycles. The number of hydrogen-bond donors (Lipinski definition) is 1. The second kappa shape index (κ2) is 4.28. The summed E-state index contributed by atoms with van der Waals surface area (Å²) in [6, 6.07) is 7.85. The van der Waals surface area contributed by atoms with Crippen LogP contribution in [0, 0.1) is 0 Å². The number of H-pyrrole nitrogens is 1. The van der Waals surface area contributed by atoms with E-state index in [4.69, 9.17) is 4.74 Å². The highest BCUT2D eigenvalue weighted by Crippen LogP contribution is 2.21. The van der Waals surface area contributed by atoms with Crippen molar-refractivity contribution in [3.63, 3.8) is 0 Å². The average molecular weight is 203 g/mol. The zero-order valence-corrected chi connectivity index (χ0v) is 8.62. The molecule has 0 aliphatic rings. The molecule has 1 heterocycles. The summed E-state index contributed by atoms with van der Waals surface area (Å²) in [5.74, 6) is 0. The maximum atomic E-state index is 10.9. The van der Waals surface area contributed by atoms with E-state index < -0.39 is 0 Å². The van der Waals surface area contributed by atoms with Crippen molar-refractivity contribution in [1.82, 2.24) is 4.98 Å². The van der Waals surface area contributed by atoms with Gasteiger partial charge in [0.1, 0.15) is 0 Å². The molecule has 0 unspecified atom stereocenters. The number of hydrogen-bond acceptors (Lipinski definition) is 2. The van der Waals surface area contributed by atoms with Crippen LogP contribution in [0.4, 0.5) is 0 Å². The molecule has 0 amide bonds. The molecule has 78 valence electrons. The number of rotatable bonds is 4. The van der Waals surface area contributed by atoms with Gasteiger partial charge in [0.15, 0.2) is 6.29 Å². The lowest BCUT2D eigenvalue weighted by atomic mass is 10.1. The Balaban J connectivity index is 2.51. The van der Waals surface area contributed by atoms with Gasteiger partial charge in [-0.1, -0.05) is 18.2 Å². The molecular weight excluding hydrogens is 190 g/mol. The molecule has 0 aliphatic heterocycles. The number of carbonyl (C=O) groups excluding carboxylic acids is 1. The van der Waals surface area contributed by atoms with E-state index in [-0.39, 0.29) is 0 Å². The van der Waals surface area contributed by atoms with Crippen LogP contribution in [0.15, 0.2) is 24.3 Å². The number of nitrogens with one attached hydrogen (secondary N) is 1. The van der Waals surface area contributed by atoms with Crippen LogP contribution in [0.1, 0.15) is 23.0 Å². The molecule has 3 heteroatoms. The Bertz CT molecular complexity index is 473. The molecule has 15 heavy (non-hydrogen) atoms. The minimum Gasteiger partial charge on any atom is -0.377 e. The maximum Gasteiger partial charge on any atom is 0.166 e. The summed E-state index contributed by atoms with van der Waals surface area (Å²) >= 11 is 0. The number of carbonyl (C=O) groups is 1. The third kappa shape index (κ3) is 1.78. The smallest absolute Gasteiger partial charge is 0.166 e. The zero-order valence-electron chi connectivity index (χ0n) is 8.62. The van der Waals surface area contributed by atoms with Gasteiger partial charge in [0.25, 0.3) is 0 Å². The van der Waals surface area contributed by atoms with Gasteiger partial charge in [0.2, 0.25) is 0 Å². The van der Waals surface area contributed by atoms with Gasteiger partial charge in [-0.25, -0.2) is 0 Å². The number of ether oxygens (including phenoxy) is 1. The van der Waals surface area contributed by atoms with E-state index in [2.05, 4.69) is 4.98 Å². The van der Waals surface area contributed by atoms with Crippen LogP contribution < -0.4 is 0 Å². The first-order valence-electron chi connectivity index (χ1n) is 4.99. The molecule has 1 aromatic heterocycles. The number of para-hydroxylation sites is 1. The largest absolute Gasteiger partial charge is 0.377 e. The van der Waals surface area contributed by atoms with E-state index >= 15 is 0 Å². The number of fused-ring (bicyclic) bond motifs is 1. The molecular formula is C12H13NO2. The SMILES string of the molecule is CCOCc1c(C=O)[nH]c2ccccc12. The lowest BCUT2D eigenvalue weighted by Crippen LogP contribution is -1.94. The Hall–Kier alpha value is -1.61. The van der Waals surface area contributed by atoms with Crippen LogP contribution in [0.2, 0.25) is 0 Å². The second-order valence-electron chi connectivity index (χ2n) is 3.32. The van der Waals surface area contributed by atoms with Crippen molar-refractivity contribution in [1.29, 1.82) is 0 Å². The van der Waals surface area contributed by atoms with E-state index in [9.17, 15) is 4.79 Å². The molecule has 1 aromatic carbocycles. The molecule has 1 N–H and O–H groups in total. The minimum absolute atomic E-state index is 0.481. The van der Waals surface area contributed by atoms with Crippen LogP contribution in [-0.2, 0) is 11.3 Å². The van der Waals surface area contributed by atoms with Crippen molar-refractivity contribution in [2.75, 3.05) is 6.61 Å². The Morgan fingerprint density at radius 3 is 2.93 bits per heavy atom. The first-order valence-corrected chi connectivity index (χ1v) is 4.99. The first kappa shape index (κ1) is 9.93. The highest BCUT2D eigenvalue weighted by Gasteiger charge is 2.09. The second-order valence-corrected chi connectivity index (χ2v) is 3.32. The highest BCUT2D eigenvalue weighted by atomic mass is 16.5. The van der Waals surface area contributed by atoms with Gasteiger partial charge >= 0.3 is 0 Å². The quantitative estimate of drug-likeness (QED) is 0.776. The Labute approximate surface area is 88.1 Å². The van der Waals surface area contributed by atoms with E-state index in [1.54, 1.807) is 0 Å². The molecule has 2 rings (SSSR count). The molecule has 0 fully saturated rings. The summed E-state index contributed by atoms with van der Waals surface area (Å²) in [6.45, 7) is 3.07. The standard InChI is InChI=1S/C12H13NO2/c1-2-15-8-10-9-5-3-4-6-11(9)13-12(10)7-14/h3-7,13H,2,8H2,1H3. The predicted octanol–water partition coefficient (Wildman–Crippen LogP) is 2.52. The Morgan fingerprint density at radius 2 is 2.20 bits per heavy atom. The predicted molar refractivity (Wildman–Crippen MR) is 59.0 cm³/mol. The summed E-state index contributed by atoms with van der Waals surface area (Å²) in [5, 5.41) is 1.06. The van der Waals surface area contributed by atoms with E-state index in [1.165, 1.54) is 0 Å². The van der Waals surface area contributed by atoms with Crippen molar-refractivity contribution in [2.24, 2.45) is 0 Å². The van der Waals surface area contributed by atoms with Crippen LogP contribution in [0.25, 0.3) is 10.9 Å². The van der Waals surface area contributed by atoms with Crippen LogP contribution in [0.5, 0.6) is 0 Å². The molecule has 0 spiro atoms. The van der Waals surface area contributed by atoms with Crippen molar-refractivity contribution >= 4 is 17.2 Å². The fourth-order valence-electron chi connectivity index (χ4n) is 1.68. The van der Waals surface area contributed by atoms with Crippen LogP contribution in [-0.4, -0.2) is 17.9 Å². The van der Waals surface area contributed by atoms with Gasteiger partial charge in [0, 0.05) is 23.1 Å². The molecule has 0 saturated heterocycles. The lowest BCUT2D eigenvalue weighted by Gasteiger charge is -2.00. The normalized spacial score (nSPS) is 10.7. The van der Waals surface area contributed by atoms with Crippen molar-refractivity contribution < 1.29 is 9.53 Å². The molecule has 2 aromatic rings. The first-order chi connectivity index (χ1) is 7.36. The van der Waals surface area contributed by atoms with Gasteiger partial charge in [-0.05, 0) is 13.0 Å². The van der Waals surface area contributed by atoms with E-state index in [0.717, 1.165) is 22.8 Å². The van der Waals surface area contributed by atoms with Gasteiger partial charge in [-0.3, -0.25) is 4.79 Å². The summed E-state index contributed by atoms with van der Waals surface area (Å²) < 4.78 is 5.35. The zero-order chi connectivity index (χ0) is 10.7. The minimum atomic E-state index is 0.481. The molecule has 0 bridgehead atoms. The fraction of sp³-hybridized carbons (Fsp3) is 0.250. The summed E-state index contributed by atoms with van der Waals surface area (Å²) in [4.78, 5) is 13.9. The maximum absolute atomic E-state index is 10.9. The van der Waals surface area contributed by atoms with Crippen LogP contribution >= 0.6 is 0 Å². The van der Waals surface area contributed by atoms with Crippen molar-refractivity contribution in [2.45, 2.75) is 13.5 Å². The van der Waals surface area contributed by atoms with E-state index in [1.807, 2.05) is 31.2 Å². The number of aromatic amines is 1. The summed E-state index contributed by atoms with van der Waals surface area (Å²) in [6.07, 6.45) is 0.842. The van der Waals surface area contributed by atoms with Gasteiger partial charge in [-0.2, -0.15) is 0 Å². The number of aldehydes is 1. The molecule has 0 atom stereocenters. The van der Waals surface area contributed by atoms with Gasteiger partial charge in [-0.15, -0.1) is 0 Å². The summed E-state index contributed by atoms with van der Waals surface area (Å²) in [5.41, 5.74) is 2.54. The third-order valence-electron chi connectivity index (χ3n) is 2.42. The monoisotopic (exact) mass is 203 g/mol. The van der Waals surface area contributed by atoms with E-state index in [0.29, 0.717) is 18.9 Å². The Morgan fingerprint density at radius 1 is 1.40 bits per heavy atom. The van der Waals surface area contributed by atoms with Gasteiger partial charge in [0.05, 0.1) is 12.3 Å². The van der Waals surface area contributed by atoms with Crippen molar-refractivity contribution in [3.8, 4) is 0 Å². The number of aromatic nitrogens is 1. The van der Waals surface area contributed by atoms with Crippen LogP contribution in [0.3, 0.4) is 0 Å². The summed E-state index contributed by atoms with van der Waals surface area (Å²) in [7, 11) is 0. The lowest BCUT2D eigenvalue weighted by molar-refractivity contribution is 0.110. The topological polar surface area (TPSA) is 42.1 Å². The highest BCUT2D eigenvalue weighted by molar-refractivity contribution is 5.92. The molecule has 0 radical (unpaired) electrons. The number of benzene rings is 1. The average Bonchev–Trinajstić information content (AvgIpc) is 2.64. The molecule has 3 nitrogen and oxygen atoms in total. The van der Waals surface area contributed by atoms with Gasteiger partial charge < -0.3 is 9.72 Å². The van der Waals surface area contributed by atoms with Crippen molar-refractivity contribution in [3.05, 3.63) is 35.5 Å². The molecule has 0 saturated carbocycles. The Kier molecular flexibility index (Phi) is 2.83. The fourth-order valence-corrected chi connectivity index (χ4v) is 1.68.